The molecule has 0 radical (unpaired) electrons. The third kappa shape index (κ3) is 4.88. The molecule has 0 spiro atoms. The standard InChI is InChI=1S/C20H22Cl3N3O/c1-13-2-4-16(22)12-19(13)25-6-8-26(9-7-25)20(27)18(24)10-14-3-5-15(21)11-17(14)23/h2-5,11-12,18H,6-10,24H2,1H3. The van der Waals surface area contributed by atoms with Gasteiger partial charge in [-0.25, -0.2) is 0 Å². The number of piperazine rings is 1. The topological polar surface area (TPSA) is 49.6 Å². The highest BCUT2D eigenvalue weighted by Crippen LogP contribution is 2.26. The van der Waals surface area contributed by atoms with Crippen LogP contribution in [0.1, 0.15) is 11.1 Å². The number of aryl methyl sites for hydroxylation is 1. The second-order valence-corrected chi connectivity index (χ2v) is 8.07. The van der Waals surface area contributed by atoms with E-state index >= 15 is 0 Å². The van der Waals surface area contributed by atoms with Crippen molar-refractivity contribution >= 4 is 46.4 Å². The van der Waals surface area contributed by atoms with Crippen molar-refractivity contribution < 1.29 is 4.79 Å². The van der Waals surface area contributed by atoms with Gasteiger partial charge < -0.3 is 15.5 Å². The molecular formula is C20H22Cl3N3O. The first kappa shape index (κ1) is 20.3. The molecule has 0 aromatic heterocycles. The van der Waals surface area contributed by atoms with E-state index in [9.17, 15) is 4.79 Å². The Morgan fingerprint density at radius 3 is 2.33 bits per heavy atom. The molecule has 1 fully saturated rings. The third-order valence-electron chi connectivity index (χ3n) is 4.88. The molecule has 1 aliphatic heterocycles. The number of hydrogen-bond donors (Lipinski definition) is 1. The Morgan fingerprint density at radius 1 is 1.04 bits per heavy atom. The van der Waals surface area contributed by atoms with E-state index in [1.165, 1.54) is 5.56 Å². The van der Waals surface area contributed by atoms with E-state index in [-0.39, 0.29) is 5.91 Å². The first-order valence-electron chi connectivity index (χ1n) is 8.84. The van der Waals surface area contributed by atoms with E-state index in [2.05, 4.69) is 11.8 Å². The summed E-state index contributed by atoms with van der Waals surface area (Å²) in [5, 5.41) is 1.82. The zero-order chi connectivity index (χ0) is 19.6. The van der Waals surface area contributed by atoms with Crippen LogP contribution in [0.3, 0.4) is 0 Å². The summed E-state index contributed by atoms with van der Waals surface area (Å²) in [5.74, 6) is -0.0523. The summed E-state index contributed by atoms with van der Waals surface area (Å²) in [4.78, 5) is 16.8. The van der Waals surface area contributed by atoms with Gasteiger partial charge in [0.05, 0.1) is 6.04 Å². The summed E-state index contributed by atoms with van der Waals surface area (Å²) in [5.41, 5.74) is 9.28. The van der Waals surface area contributed by atoms with Gasteiger partial charge in [0.1, 0.15) is 0 Å². The molecule has 1 unspecified atom stereocenters. The van der Waals surface area contributed by atoms with Crippen molar-refractivity contribution in [3.63, 3.8) is 0 Å². The fourth-order valence-electron chi connectivity index (χ4n) is 3.34. The second kappa shape index (κ2) is 8.70. The van der Waals surface area contributed by atoms with Gasteiger partial charge in [-0.05, 0) is 48.7 Å². The van der Waals surface area contributed by atoms with Crippen molar-refractivity contribution in [1.82, 2.24) is 4.90 Å². The van der Waals surface area contributed by atoms with Crippen molar-refractivity contribution in [2.45, 2.75) is 19.4 Å². The van der Waals surface area contributed by atoms with Crippen molar-refractivity contribution in [2.24, 2.45) is 5.73 Å². The van der Waals surface area contributed by atoms with Crippen LogP contribution in [0.4, 0.5) is 5.69 Å². The molecule has 4 nitrogen and oxygen atoms in total. The Labute approximate surface area is 174 Å². The minimum absolute atomic E-state index is 0.0523. The van der Waals surface area contributed by atoms with E-state index in [4.69, 9.17) is 40.5 Å². The van der Waals surface area contributed by atoms with Crippen LogP contribution in [0.2, 0.25) is 15.1 Å². The smallest absolute Gasteiger partial charge is 0.239 e. The first-order valence-corrected chi connectivity index (χ1v) is 9.98. The van der Waals surface area contributed by atoms with Crippen LogP contribution < -0.4 is 10.6 Å². The number of carbonyl (C=O) groups excluding carboxylic acids is 1. The van der Waals surface area contributed by atoms with E-state index in [0.29, 0.717) is 29.6 Å². The maximum Gasteiger partial charge on any atom is 0.239 e. The summed E-state index contributed by atoms with van der Waals surface area (Å²) >= 11 is 18.2. The van der Waals surface area contributed by atoms with Crippen molar-refractivity contribution in [1.29, 1.82) is 0 Å². The Morgan fingerprint density at radius 2 is 1.67 bits per heavy atom. The van der Waals surface area contributed by atoms with Crippen molar-refractivity contribution in [3.05, 3.63) is 62.6 Å². The van der Waals surface area contributed by atoms with Gasteiger partial charge in [0.15, 0.2) is 0 Å². The zero-order valence-corrected chi connectivity index (χ0v) is 17.4. The summed E-state index contributed by atoms with van der Waals surface area (Å²) in [6.45, 7) is 4.83. The third-order valence-corrected chi connectivity index (χ3v) is 5.70. The van der Waals surface area contributed by atoms with Crippen LogP contribution in [-0.4, -0.2) is 43.0 Å². The first-order chi connectivity index (χ1) is 12.8. The fraction of sp³-hybridized carbons (Fsp3) is 0.350. The van der Waals surface area contributed by atoms with Gasteiger partial charge in [-0.15, -0.1) is 0 Å². The molecule has 27 heavy (non-hydrogen) atoms. The van der Waals surface area contributed by atoms with Gasteiger partial charge in [-0.2, -0.15) is 0 Å². The maximum atomic E-state index is 12.7. The largest absolute Gasteiger partial charge is 0.368 e. The molecule has 0 aliphatic carbocycles. The summed E-state index contributed by atoms with van der Waals surface area (Å²) < 4.78 is 0. The number of halogens is 3. The highest BCUT2D eigenvalue weighted by atomic mass is 35.5. The number of nitrogens with zero attached hydrogens (tertiary/aromatic N) is 2. The zero-order valence-electron chi connectivity index (χ0n) is 15.1. The molecule has 1 amide bonds. The predicted molar refractivity (Wildman–Crippen MR) is 113 cm³/mol. The number of anilines is 1. The predicted octanol–water partition coefficient (Wildman–Crippen LogP) is 4.17. The van der Waals surface area contributed by atoms with Crippen LogP contribution in [-0.2, 0) is 11.2 Å². The van der Waals surface area contributed by atoms with Crippen LogP contribution >= 0.6 is 34.8 Å². The summed E-state index contributed by atoms with van der Waals surface area (Å²) in [6, 6.07) is 10.5. The van der Waals surface area contributed by atoms with Gasteiger partial charge in [0.2, 0.25) is 5.91 Å². The Hall–Kier alpha value is -1.46. The molecule has 1 aliphatic rings. The number of rotatable bonds is 4. The second-order valence-electron chi connectivity index (χ2n) is 6.79. The number of benzene rings is 2. The van der Waals surface area contributed by atoms with Gasteiger partial charge in [-0.3, -0.25) is 4.79 Å². The molecular weight excluding hydrogens is 405 g/mol. The van der Waals surface area contributed by atoms with E-state index in [1.807, 2.05) is 29.2 Å². The molecule has 1 saturated heterocycles. The lowest BCUT2D eigenvalue weighted by molar-refractivity contribution is -0.132. The van der Waals surface area contributed by atoms with Crippen LogP contribution in [0.25, 0.3) is 0 Å². The van der Waals surface area contributed by atoms with Gasteiger partial charge >= 0.3 is 0 Å². The molecule has 3 rings (SSSR count). The highest BCUT2D eigenvalue weighted by Gasteiger charge is 2.26. The molecule has 1 atom stereocenters. The molecule has 1 heterocycles. The fourth-order valence-corrected chi connectivity index (χ4v) is 3.99. The van der Waals surface area contributed by atoms with E-state index < -0.39 is 6.04 Å². The molecule has 2 aromatic carbocycles. The Kier molecular flexibility index (Phi) is 6.53. The number of carbonyl (C=O) groups is 1. The van der Waals surface area contributed by atoms with Crippen molar-refractivity contribution in [3.8, 4) is 0 Å². The SMILES string of the molecule is Cc1ccc(Cl)cc1N1CCN(C(=O)C(N)Cc2ccc(Cl)cc2Cl)CC1. The van der Waals surface area contributed by atoms with Crippen LogP contribution in [0.15, 0.2) is 36.4 Å². The highest BCUT2D eigenvalue weighted by molar-refractivity contribution is 6.35. The quantitative estimate of drug-likeness (QED) is 0.798. The number of hydrogen-bond acceptors (Lipinski definition) is 3. The Bertz CT molecular complexity index is 835. The maximum absolute atomic E-state index is 12.7. The molecule has 144 valence electrons. The lowest BCUT2D eigenvalue weighted by Gasteiger charge is -2.37. The van der Waals surface area contributed by atoms with E-state index in [0.717, 1.165) is 29.4 Å². The average molecular weight is 427 g/mol. The normalized spacial score (nSPS) is 15.7. The number of nitrogens with two attached hydrogens (primary N) is 1. The van der Waals surface area contributed by atoms with Crippen LogP contribution in [0.5, 0.6) is 0 Å². The summed E-state index contributed by atoms with van der Waals surface area (Å²) in [7, 11) is 0. The number of amides is 1. The van der Waals surface area contributed by atoms with Crippen LogP contribution in [0, 0.1) is 6.92 Å². The monoisotopic (exact) mass is 425 g/mol. The molecule has 2 N–H and O–H groups in total. The minimum atomic E-state index is -0.622. The van der Waals surface area contributed by atoms with Gasteiger partial charge in [0.25, 0.3) is 0 Å². The molecule has 7 heteroatoms. The molecule has 0 bridgehead atoms. The summed E-state index contributed by atoms with van der Waals surface area (Å²) in [6.07, 6.45) is 0.391. The molecule has 0 saturated carbocycles. The van der Waals surface area contributed by atoms with Gasteiger partial charge in [0, 0.05) is 46.9 Å². The van der Waals surface area contributed by atoms with Crippen molar-refractivity contribution in [2.75, 3.05) is 31.1 Å². The lowest BCUT2D eigenvalue weighted by atomic mass is 10.0. The Balaban J connectivity index is 1.60. The average Bonchev–Trinajstić information content (AvgIpc) is 2.65. The van der Waals surface area contributed by atoms with Gasteiger partial charge in [-0.1, -0.05) is 46.9 Å². The molecule has 2 aromatic rings. The van der Waals surface area contributed by atoms with E-state index in [1.54, 1.807) is 12.1 Å². The lowest BCUT2D eigenvalue weighted by Crippen LogP contribution is -2.53. The minimum Gasteiger partial charge on any atom is -0.368 e.